The monoisotopic (exact) mass is 293 g/mol. The SMILES string of the molecule is Cc1ccc(OCC(O)CNC2(CO)CCCCC2)cc1. The first-order valence-corrected chi connectivity index (χ1v) is 7.87. The molecule has 0 bridgehead atoms. The molecule has 118 valence electrons. The summed E-state index contributed by atoms with van der Waals surface area (Å²) in [5, 5.41) is 23.0. The van der Waals surface area contributed by atoms with E-state index in [4.69, 9.17) is 4.74 Å². The van der Waals surface area contributed by atoms with Crippen LogP contribution in [0.1, 0.15) is 37.7 Å². The van der Waals surface area contributed by atoms with Gasteiger partial charge in [-0.05, 0) is 31.9 Å². The molecule has 2 rings (SSSR count). The van der Waals surface area contributed by atoms with Crippen LogP contribution >= 0.6 is 0 Å². The Labute approximate surface area is 127 Å². The van der Waals surface area contributed by atoms with Crippen LogP contribution in [-0.2, 0) is 0 Å². The lowest BCUT2D eigenvalue weighted by Crippen LogP contribution is -2.52. The number of aliphatic hydroxyl groups excluding tert-OH is 2. The second kappa shape index (κ2) is 7.78. The van der Waals surface area contributed by atoms with E-state index in [9.17, 15) is 10.2 Å². The summed E-state index contributed by atoms with van der Waals surface area (Å²) in [6.45, 7) is 2.88. The Kier molecular flexibility index (Phi) is 6.03. The number of hydrogen-bond acceptors (Lipinski definition) is 4. The van der Waals surface area contributed by atoms with E-state index in [0.717, 1.165) is 31.4 Å². The average Bonchev–Trinajstić information content (AvgIpc) is 2.53. The fourth-order valence-corrected chi connectivity index (χ4v) is 2.84. The Balaban J connectivity index is 1.73. The molecule has 21 heavy (non-hydrogen) atoms. The van der Waals surface area contributed by atoms with Crippen LogP contribution in [-0.4, -0.2) is 41.6 Å². The lowest BCUT2D eigenvalue weighted by Gasteiger charge is -2.37. The van der Waals surface area contributed by atoms with Crippen LogP contribution in [0.4, 0.5) is 0 Å². The number of hydrogen-bond donors (Lipinski definition) is 3. The highest BCUT2D eigenvalue weighted by molar-refractivity contribution is 5.26. The Hall–Kier alpha value is -1.10. The molecule has 1 unspecified atom stereocenters. The standard InChI is InChI=1S/C17H27NO3/c1-14-5-7-16(8-6-14)21-12-15(20)11-18-17(13-19)9-3-2-4-10-17/h5-8,15,18-20H,2-4,9-13H2,1H3. The molecule has 1 aliphatic carbocycles. The summed E-state index contributed by atoms with van der Waals surface area (Å²) in [6, 6.07) is 7.79. The fourth-order valence-electron chi connectivity index (χ4n) is 2.84. The second-order valence-electron chi connectivity index (χ2n) is 6.16. The third-order valence-electron chi connectivity index (χ3n) is 4.29. The van der Waals surface area contributed by atoms with Gasteiger partial charge in [-0.15, -0.1) is 0 Å². The Morgan fingerprint density at radius 1 is 1.19 bits per heavy atom. The van der Waals surface area contributed by atoms with Gasteiger partial charge < -0.3 is 20.3 Å². The third kappa shape index (κ3) is 4.99. The minimum Gasteiger partial charge on any atom is -0.491 e. The zero-order valence-electron chi connectivity index (χ0n) is 12.8. The van der Waals surface area contributed by atoms with E-state index < -0.39 is 6.10 Å². The van der Waals surface area contributed by atoms with Gasteiger partial charge in [-0.25, -0.2) is 0 Å². The van der Waals surface area contributed by atoms with Crippen molar-refractivity contribution < 1.29 is 14.9 Å². The van der Waals surface area contributed by atoms with Crippen LogP contribution < -0.4 is 10.1 Å². The first-order valence-electron chi connectivity index (χ1n) is 7.87. The molecule has 0 aliphatic heterocycles. The van der Waals surface area contributed by atoms with E-state index in [-0.39, 0.29) is 18.8 Å². The lowest BCUT2D eigenvalue weighted by atomic mass is 9.82. The van der Waals surface area contributed by atoms with Gasteiger partial charge in [0.25, 0.3) is 0 Å². The summed E-state index contributed by atoms with van der Waals surface area (Å²) in [5.74, 6) is 0.772. The maximum Gasteiger partial charge on any atom is 0.119 e. The van der Waals surface area contributed by atoms with Gasteiger partial charge in [0.05, 0.1) is 6.61 Å². The average molecular weight is 293 g/mol. The first kappa shape index (κ1) is 16.3. The van der Waals surface area contributed by atoms with Crippen LogP contribution in [0.5, 0.6) is 5.75 Å². The number of nitrogens with one attached hydrogen (secondary N) is 1. The van der Waals surface area contributed by atoms with E-state index in [1.165, 1.54) is 12.0 Å². The minimum atomic E-state index is -0.573. The van der Waals surface area contributed by atoms with Gasteiger partial charge in [0.2, 0.25) is 0 Å². The summed E-state index contributed by atoms with van der Waals surface area (Å²) in [7, 11) is 0. The number of aliphatic hydroxyl groups is 2. The molecule has 1 saturated carbocycles. The fraction of sp³-hybridized carbons (Fsp3) is 0.647. The van der Waals surface area contributed by atoms with Gasteiger partial charge in [0, 0.05) is 12.1 Å². The van der Waals surface area contributed by atoms with E-state index >= 15 is 0 Å². The highest BCUT2D eigenvalue weighted by atomic mass is 16.5. The topological polar surface area (TPSA) is 61.7 Å². The summed E-state index contributed by atoms with van der Waals surface area (Å²) in [5.41, 5.74) is 0.982. The molecule has 1 fully saturated rings. The van der Waals surface area contributed by atoms with Crippen LogP contribution in [0.2, 0.25) is 0 Å². The minimum absolute atomic E-state index is 0.137. The highest BCUT2D eigenvalue weighted by Crippen LogP contribution is 2.27. The molecule has 0 radical (unpaired) electrons. The van der Waals surface area contributed by atoms with Gasteiger partial charge >= 0.3 is 0 Å². The maximum atomic E-state index is 10.0. The lowest BCUT2D eigenvalue weighted by molar-refractivity contribution is 0.0711. The quantitative estimate of drug-likeness (QED) is 0.720. The summed E-state index contributed by atoms with van der Waals surface area (Å²) in [4.78, 5) is 0. The van der Waals surface area contributed by atoms with Gasteiger partial charge in [0.1, 0.15) is 18.5 Å². The number of β-amino-alcohol motifs (C(OH)–C–C–N with tert-alkyl or cyclic N) is 1. The van der Waals surface area contributed by atoms with Gasteiger partial charge in [-0.2, -0.15) is 0 Å². The van der Waals surface area contributed by atoms with Crippen LogP contribution in [0.15, 0.2) is 24.3 Å². The van der Waals surface area contributed by atoms with Crippen molar-refractivity contribution in [2.45, 2.75) is 50.7 Å². The molecule has 3 N–H and O–H groups in total. The van der Waals surface area contributed by atoms with Crippen LogP contribution in [0, 0.1) is 6.92 Å². The zero-order chi connectivity index (χ0) is 15.1. The molecule has 1 aliphatic rings. The molecule has 0 saturated heterocycles. The van der Waals surface area contributed by atoms with E-state index in [2.05, 4.69) is 5.32 Å². The molecular weight excluding hydrogens is 266 g/mol. The van der Waals surface area contributed by atoms with Gasteiger partial charge in [-0.3, -0.25) is 0 Å². The van der Waals surface area contributed by atoms with Crippen molar-refractivity contribution in [3.63, 3.8) is 0 Å². The molecule has 0 heterocycles. The number of ether oxygens (including phenoxy) is 1. The van der Waals surface area contributed by atoms with Crippen molar-refractivity contribution in [2.75, 3.05) is 19.8 Å². The van der Waals surface area contributed by atoms with E-state index in [1.54, 1.807) is 0 Å². The second-order valence-corrected chi connectivity index (χ2v) is 6.16. The van der Waals surface area contributed by atoms with Crippen molar-refractivity contribution in [1.29, 1.82) is 0 Å². The molecule has 0 aromatic heterocycles. The Morgan fingerprint density at radius 2 is 1.86 bits per heavy atom. The molecule has 0 amide bonds. The Bertz CT molecular complexity index is 413. The molecule has 1 aromatic rings. The Morgan fingerprint density at radius 3 is 2.48 bits per heavy atom. The molecule has 1 atom stereocenters. The predicted octanol–water partition coefficient (Wildman–Crippen LogP) is 2.02. The summed E-state index contributed by atoms with van der Waals surface area (Å²) >= 11 is 0. The number of rotatable bonds is 7. The normalized spacial score (nSPS) is 19.2. The number of aryl methyl sites for hydroxylation is 1. The van der Waals surface area contributed by atoms with Crippen LogP contribution in [0.25, 0.3) is 0 Å². The molecular formula is C17H27NO3. The summed E-state index contributed by atoms with van der Waals surface area (Å²) in [6.07, 6.45) is 4.91. The van der Waals surface area contributed by atoms with E-state index in [0.29, 0.717) is 6.54 Å². The zero-order valence-corrected chi connectivity index (χ0v) is 12.8. The highest BCUT2D eigenvalue weighted by Gasteiger charge is 2.31. The number of benzene rings is 1. The van der Waals surface area contributed by atoms with Gasteiger partial charge in [-0.1, -0.05) is 37.0 Å². The molecule has 4 heteroatoms. The smallest absolute Gasteiger partial charge is 0.119 e. The van der Waals surface area contributed by atoms with Crippen molar-refractivity contribution in [2.24, 2.45) is 0 Å². The predicted molar refractivity (Wildman–Crippen MR) is 83.6 cm³/mol. The summed E-state index contributed by atoms with van der Waals surface area (Å²) < 4.78 is 5.58. The van der Waals surface area contributed by atoms with Crippen molar-refractivity contribution >= 4 is 0 Å². The molecule has 0 spiro atoms. The molecule has 4 nitrogen and oxygen atoms in total. The van der Waals surface area contributed by atoms with Crippen LogP contribution in [0.3, 0.4) is 0 Å². The van der Waals surface area contributed by atoms with Gasteiger partial charge in [0.15, 0.2) is 0 Å². The van der Waals surface area contributed by atoms with Crippen molar-refractivity contribution in [3.8, 4) is 5.75 Å². The maximum absolute atomic E-state index is 10.0. The van der Waals surface area contributed by atoms with Crippen molar-refractivity contribution in [3.05, 3.63) is 29.8 Å². The van der Waals surface area contributed by atoms with Crippen molar-refractivity contribution in [1.82, 2.24) is 5.32 Å². The van der Waals surface area contributed by atoms with E-state index in [1.807, 2.05) is 31.2 Å². The largest absolute Gasteiger partial charge is 0.491 e. The third-order valence-corrected chi connectivity index (χ3v) is 4.29. The molecule has 1 aromatic carbocycles. The first-order chi connectivity index (χ1) is 10.1.